The zero-order chi connectivity index (χ0) is 12.5. The molecule has 3 heteroatoms. The number of hydrogen-bond donors (Lipinski definition) is 0. The second-order valence-corrected chi connectivity index (χ2v) is 3.64. The van der Waals surface area contributed by atoms with Crippen molar-refractivity contribution in [2.24, 2.45) is 0 Å². The molecule has 0 N–H and O–H groups in total. The molecule has 0 aromatic heterocycles. The number of esters is 1. The monoisotopic (exact) mass is 233 g/mol. The summed E-state index contributed by atoms with van der Waals surface area (Å²) in [5, 5.41) is 0. The van der Waals surface area contributed by atoms with Gasteiger partial charge in [-0.3, -0.25) is 4.90 Å². The molecular formula is C14H19NO2. The van der Waals surface area contributed by atoms with Crippen molar-refractivity contribution in [3.8, 4) is 0 Å². The van der Waals surface area contributed by atoms with Crippen molar-refractivity contribution in [3.05, 3.63) is 42.0 Å². The van der Waals surface area contributed by atoms with E-state index in [4.69, 9.17) is 4.74 Å². The zero-order valence-corrected chi connectivity index (χ0v) is 10.4. The summed E-state index contributed by atoms with van der Waals surface area (Å²) in [5.41, 5.74) is 0.993. The summed E-state index contributed by atoms with van der Waals surface area (Å²) in [7, 11) is 0. The lowest BCUT2D eigenvalue weighted by Gasteiger charge is -2.16. The number of nitrogens with zero attached hydrogens (tertiary/aromatic N) is 1. The van der Waals surface area contributed by atoms with Crippen LogP contribution in [0.5, 0.6) is 0 Å². The van der Waals surface area contributed by atoms with Crippen LogP contribution < -0.4 is 0 Å². The molecule has 0 radical (unpaired) electrons. The Bertz CT molecular complexity index is 356. The molecule has 0 aliphatic carbocycles. The predicted molar refractivity (Wildman–Crippen MR) is 69.4 cm³/mol. The summed E-state index contributed by atoms with van der Waals surface area (Å²) in [4.78, 5) is 13.5. The molecule has 0 saturated heterocycles. The van der Waals surface area contributed by atoms with Gasteiger partial charge in [0.15, 0.2) is 0 Å². The Balaban J connectivity index is 2.37. The number of ether oxygens (including phenoxy) is 1. The van der Waals surface area contributed by atoms with Crippen molar-refractivity contribution in [1.82, 2.24) is 4.90 Å². The first-order valence-electron chi connectivity index (χ1n) is 5.88. The van der Waals surface area contributed by atoms with Gasteiger partial charge in [-0.1, -0.05) is 44.2 Å². The molecule has 0 spiro atoms. The first-order valence-corrected chi connectivity index (χ1v) is 5.88. The summed E-state index contributed by atoms with van der Waals surface area (Å²) in [6.07, 6.45) is 3.21. The van der Waals surface area contributed by atoms with Crippen LogP contribution in [0.2, 0.25) is 0 Å². The molecule has 0 saturated carbocycles. The Morgan fingerprint density at radius 2 is 1.88 bits per heavy atom. The standard InChI is InChI=1S/C14H19NO2/c1-3-15(4-2)12-17-14(16)11-10-13-8-6-5-7-9-13/h5-11H,3-4,12H2,1-2H3. The fourth-order valence-electron chi connectivity index (χ4n) is 1.34. The molecule has 0 aliphatic heterocycles. The smallest absolute Gasteiger partial charge is 0.332 e. The van der Waals surface area contributed by atoms with Gasteiger partial charge in [-0.05, 0) is 24.7 Å². The van der Waals surface area contributed by atoms with Crippen LogP contribution >= 0.6 is 0 Å². The highest BCUT2D eigenvalue weighted by Gasteiger charge is 2.01. The lowest BCUT2D eigenvalue weighted by Crippen LogP contribution is -2.27. The van der Waals surface area contributed by atoms with Gasteiger partial charge in [-0.15, -0.1) is 0 Å². The zero-order valence-electron chi connectivity index (χ0n) is 10.4. The summed E-state index contributed by atoms with van der Waals surface area (Å²) in [5.74, 6) is -0.305. The maximum Gasteiger partial charge on any atom is 0.332 e. The maximum atomic E-state index is 11.4. The van der Waals surface area contributed by atoms with E-state index in [-0.39, 0.29) is 5.97 Å². The molecule has 0 amide bonds. The lowest BCUT2D eigenvalue weighted by molar-refractivity contribution is -0.142. The largest absolute Gasteiger partial charge is 0.446 e. The number of rotatable bonds is 6. The molecule has 0 bridgehead atoms. The van der Waals surface area contributed by atoms with Crippen LogP contribution in [0.25, 0.3) is 6.08 Å². The minimum absolute atomic E-state index is 0.305. The van der Waals surface area contributed by atoms with Crippen molar-refractivity contribution in [3.63, 3.8) is 0 Å². The van der Waals surface area contributed by atoms with Crippen molar-refractivity contribution < 1.29 is 9.53 Å². The lowest BCUT2D eigenvalue weighted by atomic mass is 10.2. The molecule has 1 rings (SSSR count). The van der Waals surface area contributed by atoms with E-state index in [9.17, 15) is 4.79 Å². The summed E-state index contributed by atoms with van der Waals surface area (Å²) in [6.45, 7) is 6.19. The topological polar surface area (TPSA) is 29.5 Å². The average Bonchev–Trinajstić information content (AvgIpc) is 2.39. The summed E-state index contributed by atoms with van der Waals surface area (Å²) < 4.78 is 5.11. The fourth-order valence-corrected chi connectivity index (χ4v) is 1.34. The maximum absolute atomic E-state index is 11.4. The Kier molecular flexibility index (Phi) is 6.04. The highest BCUT2D eigenvalue weighted by atomic mass is 16.5. The first kappa shape index (κ1) is 13.5. The van der Waals surface area contributed by atoms with Crippen LogP contribution in [0, 0.1) is 0 Å². The minimum atomic E-state index is -0.305. The molecular weight excluding hydrogens is 214 g/mol. The van der Waals surface area contributed by atoms with Crippen molar-refractivity contribution in [2.75, 3.05) is 19.8 Å². The number of hydrogen-bond acceptors (Lipinski definition) is 3. The molecule has 17 heavy (non-hydrogen) atoms. The van der Waals surface area contributed by atoms with Crippen LogP contribution in [-0.4, -0.2) is 30.7 Å². The minimum Gasteiger partial charge on any atom is -0.446 e. The molecule has 0 atom stereocenters. The van der Waals surface area contributed by atoms with Gasteiger partial charge in [0.25, 0.3) is 0 Å². The summed E-state index contributed by atoms with van der Waals surface area (Å²) in [6, 6.07) is 9.68. The van der Waals surface area contributed by atoms with Gasteiger partial charge in [-0.2, -0.15) is 0 Å². The van der Waals surface area contributed by atoms with Gasteiger partial charge >= 0.3 is 5.97 Å². The van der Waals surface area contributed by atoms with E-state index in [1.807, 2.05) is 49.1 Å². The van der Waals surface area contributed by atoms with E-state index >= 15 is 0 Å². The number of carbonyl (C=O) groups is 1. The van der Waals surface area contributed by atoms with E-state index in [1.54, 1.807) is 6.08 Å². The fraction of sp³-hybridized carbons (Fsp3) is 0.357. The van der Waals surface area contributed by atoms with E-state index < -0.39 is 0 Å². The van der Waals surface area contributed by atoms with Crippen LogP contribution in [0.3, 0.4) is 0 Å². The Hall–Kier alpha value is -1.61. The van der Waals surface area contributed by atoms with Crippen LogP contribution in [0.15, 0.2) is 36.4 Å². The van der Waals surface area contributed by atoms with Gasteiger partial charge < -0.3 is 4.74 Å². The normalized spacial score (nSPS) is 11.0. The van der Waals surface area contributed by atoms with E-state index in [0.717, 1.165) is 18.7 Å². The highest BCUT2D eigenvalue weighted by molar-refractivity contribution is 5.86. The number of carbonyl (C=O) groups excluding carboxylic acids is 1. The van der Waals surface area contributed by atoms with Crippen LogP contribution in [-0.2, 0) is 9.53 Å². The molecule has 3 nitrogen and oxygen atoms in total. The second kappa shape index (κ2) is 7.63. The SMILES string of the molecule is CCN(CC)COC(=O)C=Cc1ccccc1. The van der Waals surface area contributed by atoms with Crippen molar-refractivity contribution in [2.45, 2.75) is 13.8 Å². The molecule has 0 unspecified atom stereocenters. The Morgan fingerprint density at radius 1 is 1.24 bits per heavy atom. The third-order valence-corrected chi connectivity index (χ3v) is 2.50. The molecule has 1 aromatic carbocycles. The predicted octanol–water partition coefficient (Wildman–Crippen LogP) is 2.54. The average molecular weight is 233 g/mol. The highest BCUT2D eigenvalue weighted by Crippen LogP contribution is 2.01. The Labute approximate surface area is 103 Å². The quantitative estimate of drug-likeness (QED) is 0.429. The van der Waals surface area contributed by atoms with E-state index in [1.165, 1.54) is 6.08 Å². The van der Waals surface area contributed by atoms with Gasteiger partial charge in [0.1, 0.15) is 6.73 Å². The van der Waals surface area contributed by atoms with Gasteiger partial charge in [0, 0.05) is 6.08 Å². The van der Waals surface area contributed by atoms with Crippen LogP contribution in [0.4, 0.5) is 0 Å². The van der Waals surface area contributed by atoms with Gasteiger partial charge in [0.05, 0.1) is 0 Å². The molecule has 0 fully saturated rings. The van der Waals surface area contributed by atoms with E-state index in [0.29, 0.717) is 6.73 Å². The van der Waals surface area contributed by atoms with Crippen molar-refractivity contribution >= 4 is 12.0 Å². The molecule has 1 aromatic rings. The van der Waals surface area contributed by atoms with Crippen molar-refractivity contribution in [1.29, 1.82) is 0 Å². The number of benzene rings is 1. The van der Waals surface area contributed by atoms with E-state index in [2.05, 4.69) is 0 Å². The summed E-state index contributed by atoms with van der Waals surface area (Å²) >= 11 is 0. The third-order valence-electron chi connectivity index (χ3n) is 2.50. The first-order chi connectivity index (χ1) is 8.26. The molecule has 0 heterocycles. The molecule has 0 aliphatic rings. The third kappa shape index (κ3) is 5.31. The second-order valence-electron chi connectivity index (χ2n) is 3.64. The molecule has 92 valence electrons. The van der Waals surface area contributed by atoms with Gasteiger partial charge in [0.2, 0.25) is 0 Å². The van der Waals surface area contributed by atoms with Gasteiger partial charge in [-0.25, -0.2) is 4.79 Å². The Morgan fingerprint density at radius 3 is 2.47 bits per heavy atom. The van der Waals surface area contributed by atoms with Crippen LogP contribution in [0.1, 0.15) is 19.4 Å².